The van der Waals surface area contributed by atoms with Crippen LogP contribution in [0.5, 0.6) is 0 Å². The number of hydrogen-bond donors (Lipinski definition) is 3. The van der Waals surface area contributed by atoms with E-state index in [1.54, 1.807) is 12.1 Å². The Morgan fingerprint density at radius 2 is 1.88 bits per heavy atom. The second-order valence-corrected chi connectivity index (χ2v) is 8.30. The van der Waals surface area contributed by atoms with Crippen molar-refractivity contribution >= 4 is 21.9 Å². The first-order valence-electron chi connectivity index (χ1n) is 8.97. The summed E-state index contributed by atoms with van der Waals surface area (Å²) in [6.45, 7) is 1.75. The number of carboxylic acids is 1. The second-order valence-electron chi connectivity index (χ2n) is 6.53. The fourth-order valence-electron chi connectivity index (χ4n) is 3.07. The summed E-state index contributed by atoms with van der Waals surface area (Å²) in [4.78, 5) is 23.1. The highest BCUT2D eigenvalue weighted by atomic mass is 32.2. The number of fused-ring (bicyclic) bond motifs is 1. The van der Waals surface area contributed by atoms with Gasteiger partial charge in [-0.05, 0) is 55.4 Å². The van der Waals surface area contributed by atoms with E-state index in [1.807, 2.05) is 13.0 Å². The van der Waals surface area contributed by atoms with Gasteiger partial charge in [-0.1, -0.05) is 19.4 Å². The molecule has 0 saturated carbocycles. The lowest BCUT2D eigenvalue weighted by atomic mass is 9.92. The Morgan fingerprint density at radius 1 is 1.19 bits per heavy atom. The number of amides is 1. The van der Waals surface area contributed by atoms with Crippen molar-refractivity contribution in [2.24, 2.45) is 0 Å². The van der Waals surface area contributed by atoms with E-state index in [0.717, 1.165) is 31.2 Å². The van der Waals surface area contributed by atoms with Gasteiger partial charge in [0.2, 0.25) is 15.9 Å². The summed E-state index contributed by atoms with van der Waals surface area (Å²) in [7, 11) is -3.69. The van der Waals surface area contributed by atoms with Gasteiger partial charge < -0.3 is 10.4 Å². The van der Waals surface area contributed by atoms with Gasteiger partial charge in [-0.15, -0.1) is 0 Å². The predicted molar refractivity (Wildman–Crippen MR) is 97.4 cm³/mol. The standard InChI is InChI=1S/C18H26N2O5S/c1-2-5-16(18(22)23)20-17(21)10-11-19-26(24,25)15-9-8-13-6-3-4-7-14(13)12-15/h8-9,12,16,19H,2-7,10-11H2,1H3,(H,20,21)(H,22,23). The van der Waals surface area contributed by atoms with Gasteiger partial charge >= 0.3 is 5.97 Å². The van der Waals surface area contributed by atoms with Gasteiger partial charge in [0.05, 0.1) is 4.90 Å². The first-order chi connectivity index (χ1) is 12.3. The first-order valence-corrected chi connectivity index (χ1v) is 10.5. The van der Waals surface area contributed by atoms with Crippen LogP contribution in [0.15, 0.2) is 23.1 Å². The Bertz CT molecular complexity index is 761. The maximum Gasteiger partial charge on any atom is 0.326 e. The van der Waals surface area contributed by atoms with Crippen molar-refractivity contribution in [1.82, 2.24) is 10.0 Å². The summed E-state index contributed by atoms with van der Waals surface area (Å²) in [5.41, 5.74) is 2.27. The van der Waals surface area contributed by atoms with Crippen molar-refractivity contribution < 1.29 is 23.1 Å². The maximum atomic E-state index is 12.4. The van der Waals surface area contributed by atoms with Crippen molar-refractivity contribution in [1.29, 1.82) is 0 Å². The van der Waals surface area contributed by atoms with Gasteiger partial charge in [0, 0.05) is 13.0 Å². The summed E-state index contributed by atoms with van der Waals surface area (Å²) in [6.07, 6.45) is 4.90. The zero-order chi connectivity index (χ0) is 19.2. The predicted octanol–water partition coefficient (Wildman–Crippen LogP) is 1.60. The largest absolute Gasteiger partial charge is 0.480 e. The van der Waals surface area contributed by atoms with E-state index in [9.17, 15) is 18.0 Å². The van der Waals surface area contributed by atoms with Crippen LogP contribution < -0.4 is 10.0 Å². The highest BCUT2D eigenvalue weighted by molar-refractivity contribution is 7.89. The van der Waals surface area contributed by atoms with Crippen LogP contribution in [0, 0.1) is 0 Å². The number of rotatable bonds is 9. The van der Waals surface area contributed by atoms with E-state index in [1.165, 1.54) is 5.56 Å². The lowest BCUT2D eigenvalue weighted by molar-refractivity contribution is -0.142. The number of sulfonamides is 1. The zero-order valence-corrected chi connectivity index (χ0v) is 15.8. The van der Waals surface area contributed by atoms with Crippen LogP contribution in [0.1, 0.15) is 50.2 Å². The van der Waals surface area contributed by atoms with Crippen molar-refractivity contribution in [2.75, 3.05) is 6.54 Å². The number of carbonyl (C=O) groups excluding carboxylic acids is 1. The minimum atomic E-state index is -3.69. The lowest BCUT2D eigenvalue weighted by Crippen LogP contribution is -2.41. The summed E-state index contributed by atoms with van der Waals surface area (Å²) in [5.74, 6) is -1.58. The number of aliphatic carboxylic acids is 1. The van der Waals surface area contributed by atoms with E-state index in [-0.39, 0.29) is 17.9 Å². The molecule has 0 aliphatic heterocycles. The highest BCUT2D eigenvalue weighted by Gasteiger charge is 2.20. The molecule has 0 fully saturated rings. The fourth-order valence-corrected chi connectivity index (χ4v) is 4.15. The van der Waals surface area contributed by atoms with Crippen LogP contribution in [0.25, 0.3) is 0 Å². The number of nitrogens with one attached hydrogen (secondary N) is 2. The molecule has 1 aromatic carbocycles. The van der Waals surface area contributed by atoms with Crippen molar-refractivity contribution in [3.8, 4) is 0 Å². The molecule has 0 bridgehead atoms. The molecule has 0 heterocycles. The van der Waals surface area contributed by atoms with Crippen molar-refractivity contribution in [2.45, 2.75) is 62.8 Å². The van der Waals surface area contributed by atoms with E-state index < -0.39 is 27.9 Å². The van der Waals surface area contributed by atoms with Gasteiger partial charge in [0.25, 0.3) is 0 Å². The number of benzene rings is 1. The summed E-state index contributed by atoms with van der Waals surface area (Å²) in [6, 6.07) is 4.22. The Kier molecular flexibility index (Phi) is 7.16. The molecule has 0 radical (unpaired) electrons. The number of hydrogen-bond acceptors (Lipinski definition) is 4. The molecule has 144 valence electrons. The molecule has 1 atom stereocenters. The first kappa shape index (κ1) is 20.4. The normalized spacial score (nSPS) is 15.1. The number of aryl methyl sites for hydroxylation is 2. The van der Waals surface area contributed by atoms with Gasteiger partial charge in [-0.3, -0.25) is 4.79 Å². The van der Waals surface area contributed by atoms with E-state index in [4.69, 9.17) is 5.11 Å². The molecule has 1 amide bonds. The second kappa shape index (κ2) is 9.14. The third-order valence-corrected chi connectivity index (χ3v) is 5.94. The van der Waals surface area contributed by atoms with Gasteiger partial charge in [-0.2, -0.15) is 0 Å². The van der Waals surface area contributed by atoms with Crippen LogP contribution >= 0.6 is 0 Å². The van der Waals surface area contributed by atoms with Crippen LogP contribution in [0.4, 0.5) is 0 Å². The third-order valence-electron chi connectivity index (χ3n) is 4.49. The molecule has 2 rings (SSSR count). The molecule has 1 unspecified atom stereocenters. The van der Waals surface area contributed by atoms with E-state index in [2.05, 4.69) is 10.0 Å². The smallest absolute Gasteiger partial charge is 0.326 e. The minimum Gasteiger partial charge on any atom is -0.480 e. The van der Waals surface area contributed by atoms with Crippen LogP contribution in [-0.2, 0) is 32.5 Å². The molecule has 0 aromatic heterocycles. The van der Waals surface area contributed by atoms with Crippen LogP contribution in [0.2, 0.25) is 0 Å². The fraction of sp³-hybridized carbons (Fsp3) is 0.556. The number of carbonyl (C=O) groups is 2. The average molecular weight is 382 g/mol. The molecular formula is C18H26N2O5S. The monoisotopic (exact) mass is 382 g/mol. The minimum absolute atomic E-state index is 0.0796. The quantitative estimate of drug-likeness (QED) is 0.600. The zero-order valence-electron chi connectivity index (χ0n) is 15.0. The third kappa shape index (κ3) is 5.54. The molecule has 0 saturated heterocycles. The molecule has 7 nitrogen and oxygen atoms in total. The molecule has 8 heteroatoms. The van der Waals surface area contributed by atoms with Crippen LogP contribution in [0.3, 0.4) is 0 Å². The SMILES string of the molecule is CCCC(NC(=O)CCNS(=O)(=O)c1ccc2c(c1)CCCC2)C(=O)O. The topological polar surface area (TPSA) is 113 Å². The molecule has 26 heavy (non-hydrogen) atoms. The molecule has 1 aromatic rings. The van der Waals surface area contributed by atoms with Crippen molar-refractivity contribution in [3.63, 3.8) is 0 Å². The molecule has 0 spiro atoms. The molecule has 1 aliphatic rings. The van der Waals surface area contributed by atoms with E-state index in [0.29, 0.717) is 12.8 Å². The van der Waals surface area contributed by atoms with Gasteiger partial charge in [-0.25, -0.2) is 17.9 Å². The summed E-state index contributed by atoms with van der Waals surface area (Å²) >= 11 is 0. The Hall–Kier alpha value is -1.93. The number of carboxylic acid groups (broad SMARTS) is 1. The maximum absolute atomic E-state index is 12.4. The molecular weight excluding hydrogens is 356 g/mol. The lowest BCUT2D eigenvalue weighted by Gasteiger charge is -2.17. The van der Waals surface area contributed by atoms with Crippen molar-refractivity contribution in [3.05, 3.63) is 29.3 Å². The van der Waals surface area contributed by atoms with E-state index >= 15 is 0 Å². The summed E-state index contributed by atoms with van der Waals surface area (Å²) < 4.78 is 27.2. The average Bonchev–Trinajstić information content (AvgIpc) is 2.60. The Morgan fingerprint density at radius 3 is 2.54 bits per heavy atom. The molecule has 1 aliphatic carbocycles. The Labute approximate surface area is 154 Å². The Balaban J connectivity index is 1.90. The van der Waals surface area contributed by atoms with Gasteiger partial charge in [0.1, 0.15) is 6.04 Å². The molecule has 3 N–H and O–H groups in total. The summed E-state index contributed by atoms with van der Waals surface area (Å²) in [5, 5.41) is 11.4. The van der Waals surface area contributed by atoms with Crippen LogP contribution in [-0.4, -0.2) is 38.0 Å². The highest BCUT2D eigenvalue weighted by Crippen LogP contribution is 2.23. The van der Waals surface area contributed by atoms with Gasteiger partial charge in [0.15, 0.2) is 0 Å².